The Labute approximate surface area is 94.3 Å². The second-order valence-electron chi connectivity index (χ2n) is 2.82. The van der Waals surface area contributed by atoms with Crippen molar-refractivity contribution in [3.8, 4) is 17.6 Å². The highest BCUT2D eigenvalue weighted by atomic mass is 32.1. The van der Waals surface area contributed by atoms with E-state index in [1.54, 1.807) is 0 Å². The molecule has 0 aliphatic rings. The monoisotopic (exact) mass is 234 g/mol. The molecule has 0 aromatic carbocycles. The van der Waals surface area contributed by atoms with Gasteiger partial charge in [0.25, 0.3) is 5.91 Å². The van der Waals surface area contributed by atoms with Gasteiger partial charge in [0, 0.05) is 10.9 Å². The molecule has 0 atom stereocenters. The number of nitrogens with one attached hydrogen (secondary N) is 1. The summed E-state index contributed by atoms with van der Waals surface area (Å²) in [6.45, 7) is -0.120. The second-order valence-corrected chi connectivity index (χ2v) is 3.60. The van der Waals surface area contributed by atoms with Crippen LogP contribution in [0.15, 0.2) is 16.8 Å². The van der Waals surface area contributed by atoms with Crippen molar-refractivity contribution in [1.82, 2.24) is 25.5 Å². The summed E-state index contributed by atoms with van der Waals surface area (Å²) in [7, 11) is 0. The van der Waals surface area contributed by atoms with Crippen molar-refractivity contribution in [3.05, 3.63) is 16.8 Å². The van der Waals surface area contributed by atoms with Gasteiger partial charge in [0.2, 0.25) is 5.82 Å². The highest BCUT2D eigenvalue weighted by Gasteiger charge is 2.08. The van der Waals surface area contributed by atoms with Crippen molar-refractivity contribution >= 4 is 17.2 Å². The standard InChI is InChI=1S/C8H6N6OS/c9-5-10-7(15)3-14-12-8(11-13-14)6-1-2-16-4-6/h1-2,4H,3H2,(H,10,15). The summed E-state index contributed by atoms with van der Waals surface area (Å²) in [5.41, 5.74) is 0.858. The topological polar surface area (TPSA) is 96.5 Å². The van der Waals surface area contributed by atoms with Crippen LogP contribution in [0.4, 0.5) is 0 Å². The molecule has 0 fully saturated rings. The average Bonchev–Trinajstić information content (AvgIpc) is 2.86. The van der Waals surface area contributed by atoms with E-state index in [9.17, 15) is 4.79 Å². The Morgan fingerprint density at radius 2 is 2.56 bits per heavy atom. The number of thiophene rings is 1. The van der Waals surface area contributed by atoms with Gasteiger partial charge in [-0.05, 0) is 16.7 Å². The highest BCUT2D eigenvalue weighted by Crippen LogP contribution is 2.16. The third-order valence-electron chi connectivity index (χ3n) is 1.71. The van der Waals surface area contributed by atoms with Crippen LogP contribution in [0.2, 0.25) is 0 Å². The molecule has 0 unspecified atom stereocenters. The molecular formula is C8H6N6OS. The smallest absolute Gasteiger partial charge is 0.256 e. The summed E-state index contributed by atoms with van der Waals surface area (Å²) in [5.74, 6) is -0.0113. The predicted octanol–water partition coefficient (Wildman–Crippen LogP) is -0.00112. The SMILES string of the molecule is N#CNC(=O)Cn1nnc(-c2ccsc2)n1. The number of nitriles is 1. The number of carbonyl (C=O) groups is 1. The molecule has 7 nitrogen and oxygen atoms in total. The maximum atomic E-state index is 11.0. The number of hydrogen-bond acceptors (Lipinski definition) is 6. The molecule has 0 aliphatic carbocycles. The van der Waals surface area contributed by atoms with Crippen LogP contribution < -0.4 is 5.32 Å². The summed E-state index contributed by atoms with van der Waals surface area (Å²) in [6, 6.07) is 1.86. The third-order valence-corrected chi connectivity index (χ3v) is 2.40. The molecule has 2 aromatic rings. The van der Waals surface area contributed by atoms with E-state index >= 15 is 0 Å². The number of carbonyl (C=O) groups excluding carboxylic acids is 1. The second kappa shape index (κ2) is 4.50. The maximum Gasteiger partial charge on any atom is 0.256 e. The van der Waals surface area contributed by atoms with Crippen molar-refractivity contribution in [2.75, 3.05) is 0 Å². The first-order valence-corrected chi connectivity index (χ1v) is 5.22. The van der Waals surface area contributed by atoms with Crippen molar-refractivity contribution in [2.45, 2.75) is 6.54 Å². The zero-order chi connectivity index (χ0) is 11.4. The molecule has 0 aliphatic heterocycles. The van der Waals surface area contributed by atoms with Gasteiger partial charge in [-0.3, -0.25) is 10.1 Å². The fraction of sp³-hybridized carbons (Fsp3) is 0.125. The molecule has 1 N–H and O–H groups in total. The molecule has 2 aromatic heterocycles. The Morgan fingerprint density at radius 3 is 3.25 bits per heavy atom. The highest BCUT2D eigenvalue weighted by molar-refractivity contribution is 7.08. The molecule has 1 amide bonds. The normalized spacial score (nSPS) is 9.69. The summed E-state index contributed by atoms with van der Waals surface area (Å²) in [4.78, 5) is 12.2. The Hall–Kier alpha value is -2.27. The number of aromatic nitrogens is 4. The van der Waals surface area contributed by atoms with E-state index in [0.717, 1.165) is 10.4 Å². The van der Waals surface area contributed by atoms with Crippen molar-refractivity contribution in [2.24, 2.45) is 0 Å². The molecule has 80 valence electrons. The minimum atomic E-state index is -0.475. The summed E-state index contributed by atoms with van der Waals surface area (Å²) in [5, 5.41) is 25.5. The summed E-state index contributed by atoms with van der Waals surface area (Å²) in [6.07, 6.45) is 1.53. The molecule has 16 heavy (non-hydrogen) atoms. The van der Waals surface area contributed by atoms with Crippen molar-refractivity contribution < 1.29 is 4.79 Å². The van der Waals surface area contributed by atoms with Crippen molar-refractivity contribution in [1.29, 1.82) is 5.26 Å². The maximum absolute atomic E-state index is 11.0. The predicted molar refractivity (Wildman–Crippen MR) is 54.9 cm³/mol. The minimum absolute atomic E-state index is 0.120. The van der Waals surface area contributed by atoms with Gasteiger partial charge >= 0.3 is 0 Å². The van der Waals surface area contributed by atoms with Crippen LogP contribution in [0.5, 0.6) is 0 Å². The molecule has 2 heterocycles. The fourth-order valence-electron chi connectivity index (χ4n) is 1.05. The number of rotatable bonds is 3. The summed E-state index contributed by atoms with van der Waals surface area (Å²) < 4.78 is 0. The van der Waals surface area contributed by atoms with Crippen LogP contribution in [0, 0.1) is 11.5 Å². The van der Waals surface area contributed by atoms with E-state index in [0.29, 0.717) is 5.82 Å². The molecular weight excluding hydrogens is 228 g/mol. The third kappa shape index (κ3) is 2.21. The molecule has 0 spiro atoms. The zero-order valence-electron chi connectivity index (χ0n) is 7.99. The van der Waals surface area contributed by atoms with Crippen LogP contribution >= 0.6 is 11.3 Å². The number of hydrogen-bond donors (Lipinski definition) is 1. The first kappa shape index (κ1) is 10.3. The number of amides is 1. The lowest BCUT2D eigenvalue weighted by Crippen LogP contribution is -2.24. The number of nitrogens with zero attached hydrogens (tertiary/aromatic N) is 5. The molecule has 0 radical (unpaired) electrons. The van der Waals surface area contributed by atoms with Crippen LogP contribution in [0.3, 0.4) is 0 Å². The van der Waals surface area contributed by atoms with E-state index in [1.807, 2.05) is 22.1 Å². The zero-order valence-corrected chi connectivity index (χ0v) is 8.81. The Kier molecular flexibility index (Phi) is 2.88. The molecule has 2 rings (SSSR count). The van der Waals surface area contributed by atoms with E-state index in [4.69, 9.17) is 5.26 Å². The van der Waals surface area contributed by atoms with Crippen LogP contribution in [0.1, 0.15) is 0 Å². The lowest BCUT2D eigenvalue weighted by molar-refractivity contribution is -0.120. The summed E-state index contributed by atoms with van der Waals surface area (Å²) >= 11 is 1.53. The lowest BCUT2D eigenvalue weighted by atomic mass is 10.3. The fourth-order valence-corrected chi connectivity index (χ4v) is 1.68. The Bertz CT molecular complexity index is 525. The van der Waals surface area contributed by atoms with Crippen LogP contribution in [-0.2, 0) is 11.3 Å². The van der Waals surface area contributed by atoms with E-state index in [1.165, 1.54) is 17.5 Å². The number of tetrazole rings is 1. The average molecular weight is 234 g/mol. The van der Waals surface area contributed by atoms with Gasteiger partial charge in [-0.25, -0.2) is 0 Å². The molecule has 0 bridgehead atoms. The van der Waals surface area contributed by atoms with Gasteiger partial charge in [-0.1, -0.05) is 0 Å². The van der Waals surface area contributed by atoms with Gasteiger partial charge in [0.05, 0.1) is 0 Å². The minimum Gasteiger partial charge on any atom is -0.272 e. The Balaban J connectivity index is 2.09. The molecule has 0 saturated heterocycles. The van der Waals surface area contributed by atoms with Gasteiger partial charge in [0.1, 0.15) is 6.54 Å². The first-order chi connectivity index (χ1) is 7.79. The van der Waals surface area contributed by atoms with E-state index in [-0.39, 0.29) is 6.54 Å². The van der Waals surface area contributed by atoms with Gasteiger partial charge in [0.15, 0.2) is 6.19 Å². The lowest BCUT2D eigenvalue weighted by Gasteiger charge is -1.93. The molecule has 0 saturated carbocycles. The van der Waals surface area contributed by atoms with E-state index in [2.05, 4.69) is 15.4 Å². The van der Waals surface area contributed by atoms with Crippen molar-refractivity contribution in [3.63, 3.8) is 0 Å². The molecule has 8 heteroatoms. The van der Waals surface area contributed by atoms with Gasteiger partial charge in [-0.2, -0.15) is 21.4 Å². The first-order valence-electron chi connectivity index (χ1n) is 4.28. The quantitative estimate of drug-likeness (QED) is 0.595. The van der Waals surface area contributed by atoms with Crippen LogP contribution in [-0.4, -0.2) is 26.1 Å². The van der Waals surface area contributed by atoms with Crippen LogP contribution in [0.25, 0.3) is 11.4 Å². The van der Waals surface area contributed by atoms with Gasteiger partial charge in [-0.15, -0.1) is 10.2 Å². The van der Waals surface area contributed by atoms with E-state index < -0.39 is 5.91 Å². The van der Waals surface area contributed by atoms with Gasteiger partial charge < -0.3 is 0 Å². The largest absolute Gasteiger partial charge is 0.272 e. The Morgan fingerprint density at radius 1 is 1.69 bits per heavy atom.